The molecule has 3 heteroatoms. The van der Waals surface area contributed by atoms with E-state index in [-0.39, 0.29) is 13.2 Å². The lowest BCUT2D eigenvalue weighted by Gasteiger charge is -2.10. The molecule has 70 valence electrons. The van der Waals surface area contributed by atoms with Gasteiger partial charge >= 0.3 is 0 Å². The van der Waals surface area contributed by atoms with Crippen LogP contribution < -0.4 is 10.0 Å². The average Bonchev–Trinajstić information content (AvgIpc) is 2.08. The molecule has 0 heterocycles. The third kappa shape index (κ3) is 13.0. The summed E-state index contributed by atoms with van der Waals surface area (Å²) in [6.07, 6.45) is 0. The summed E-state index contributed by atoms with van der Waals surface area (Å²) in [7, 11) is 0. The van der Waals surface area contributed by atoms with Crippen LogP contribution in [0.2, 0.25) is 0 Å². The van der Waals surface area contributed by atoms with E-state index in [4.69, 9.17) is 10.2 Å². The standard InChI is InChI=1S/C6H15N.C2H5O2/c1-4-7(5-2)6-3;3-1-2-4/h4-6H2,1-3H3;3H,1-2H2/q;-1/p+1. The van der Waals surface area contributed by atoms with Gasteiger partial charge in [-0.15, -0.1) is 6.61 Å². The maximum absolute atomic E-state index is 9.05. The van der Waals surface area contributed by atoms with Gasteiger partial charge in [-0.25, -0.2) is 0 Å². The number of nitrogens with one attached hydrogen (secondary N) is 1. The van der Waals surface area contributed by atoms with Gasteiger partial charge in [-0.1, -0.05) is 0 Å². The zero-order valence-electron chi connectivity index (χ0n) is 7.89. The predicted molar refractivity (Wildman–Crippen MR) is 44.5 cm³/mol. The Balaban J connectivity index is 0. The largest absolute Gasteiger partial charge is 0.853 e. The van der Waals surface area contributed by atoms with Crippen LogP contribution >= 0.6 is 0 Å². The number of quaternary nitrogens is 1. The van der Waals surface area contributed by atoms with Crippen molar-refractivity contribution < 1.29 is 15.1 Å². The molecule has 0 spiro atoms. The fraction of sp³-hybridized carbons (Fsp3) is 1.00. The lowest BCUT2D eigenvalue weighted by Crippen LogP contribution is -3.11. The normalized spacial score (nSPS) is 9.27. The van der Waals surface area contributed by atoms with Crippen molar-refractivity contribution in [1.29, 1.82) is 0 Å². The van der Waals surface area contributed by atoms with Crippen molar-refractivity contribution in [2.45, 2.75) is 20.8 Å². The van der Waals surface area contributed by atoms with E-state index in [9.17, 15) is 0 Å². The topological polar surface area (TPSA) is 47.7 Å². The molecule has 0 unspecified atom stereocenters. The molecule has 0 saturated carbocycles. The molecular weight excluding hydrogens is 142 g/mol. The summed E-state index contributed by atoms with van der Waals surface area (Å²) < 4.78 is 0. The average molecular weight is 163 g/mol. The van der Waals surface area contributed by atoms with E-state index in [1.165, 1.54) is 19.6 Å². The minimum Gasteiger partial charge on any atom is -0.853 e. The smallest absolute Gasteiger partial charge is 0.0742 e. The molecule has 0 aromatic carbocycles. The summed E-state index contributed by atoms with van der Waals surface area (Å²) in [6.45, 7) is 9.88. The predicted octanol–water partition coefficient (Wildman–Crippen LogP) is -1.73. The van der Waals surface area contributed by atoms with E-state index in [1.54, 1.807) is 4.90 Å². The van der Waals surface area contributed by atoms with Crippen molar-refractivity contribution in [1.82, 2.24) is 0 Å². The van der Waals surface area contributed by atoms with Crippen molar-refractivity contribution in [3.63, 3.8) is 0 Å². The van der Waals surface area contributed by atoms with E-state index < -0.39 is 0 Å². The van der Waals surface area contributed by atoms with Gasteiger partial charge in [-0.05, 0) is 20.8 Å². The van der Waals surface area contributed by atoms with Gasteiger partial charge in [0.1, 0.15) is 0 Å². The molecule has 0 rings (SSSR count). The summed E-state index contributed by atoms with van der Waals surface area (Å²) in [5.74, 6) is 0. The van der Waals surface area contributed by atoms with Crippen molar-refractivity contribution in [2.75, 3.05) is 32.8 Å². The molecule has 0 aliphatic rings. The van der Waals surface area contributed by atoms with Crippen LogP contribution in [-0.4, -0.2) is 38.0 Å². The molecule has 0 aromatic rings. The fourth-order valence-corrected chi connectivity index (χ4v) is 0.750. The number of rotatable bonds is 4. The fourth-order valence-electron chi connectivity index (χ4n) is 0.750. The second-order valence-corrected chi connectivity index (χ2v) is 2.24. The van der Waals surface area contributed by atoms with Gasteiger partial charge in [0.25, 0.3) is 0 Å². The molecule has 3 nitrogen and oxygen atoms in total. The van der Waals surface area contributed by atoms with Gasteiger partial charge in [0, 0.05) is 6.61 Å². The Bertz CT molecular complexity index is 48.5. The third-order valence-corrected chi connectivity index (χ3v) is 1.59. The quantitative estimate of drug-likeness (QED) is 0.517. The molecule has 0 aliphatic heterocycles. The Morgan fingerprint density at radius 2 is 1.36 bits per heavy atom. The first kappa shape index (κ1) is 13.5. The van der Waals surface area contributed by atoms with Crippen LogP contribution in [0.4, 0.5) is 0 Å². The first-order valence-corrected chi connectivity index (χ1v) is 4.29. The van der Waals surface area contributed by atoms with Gasteiger partial charge in [-0.3, -0.25) is 0 Å². The number of hydrogen-bond acceptors (Lipinski definition) is 2. The molecule has 0 radical (unpaired) electrons. The van der Waals surface area contributed by atoms with Gasteiger partial charge in [0.05, 0.1) is 19.6 Å². The van der Waals surface area contributed by atoms with Crippen molar-refractivity contribution in [2.24, 2.45) is 0 Å². The third-order valence-electron chi connectivity index (χ3n) is 1.59. The van der Waals surface area contributed by atoms with Crippen LogP contribution in [0.15, 0.2) is 0 Å². The first-order valence-electron chi connectivity index (χ1n) is 4.29. The summed E-state index contributed by atoms with van der Waals surface area (Å²) >= 11 is 0. The molecule has 0 aliphatic carbocycles. The highest BCUT2D eigenvalue weighted by Gasteiger charge is 1.92. The van der Waals surface area contributed by atoms with Gasteiger partial charge < -0.3 is 15.1 Å². The van der Waals surface area contributed by atoms with E-state index >= 15 is 0 Å². The molecule has 0 fully saturated rings. The van der Waals surface area contributed by atoms with Crippen molar-refractivity contribution in [3.05, 3.63) is 0 Å². The van der Waals surface area contributed by atoms with Gasteiger partial charge in [0.2, 0.25) is 0 Å². The Morgan fingerprint density at radius 3 is 1.36 bits per heavy atom. The molecule has 2 N–H and O–H groups in total. The Kier molecular flexibility index (Phi) is 15.4. The van der Waals surface area contributed by atoms with Crippen LogP contribution in [-0.2, 0) is 0 Å². The van der Waals surface area contributed by atoms with E-state index in [2.05, 4.69) is 20.8 Å². The van der Waals surface area contributed by atoms with Crippen LogP contribution in [0.25, 0.3) is 0 Å². The van der Waals surface area contributed by atoms with E-state index in [0.29, 0.717) is 0 Å². The lowest BCUT2D eigenvalue weighted by molar-refractivity contribution is -0.894. The van der Waals surface area contributed by atoms with Crippen LogP contribution in [0.1, 0.15) is 20.8 Å². The van der Waals surface area contributed by atoms with E-state index in [1.807, 2.05) is 0 Å². The van der Waals surface area contributed by atoms with Gasteiger partial charge in [-0.2, -0.15) is 0 Å². The molecule has 0 saturated heterocycles. The highest BCUT2D eigenvalue weighted by Crippen LogP contribution is 1.45. The van der Waals surface area contributed by atoms with Crippen molar-refractivity contribution >= 4 is 0 Å². The maximum Gasteiger partial charge on any atom is 0.0742 e. The molecule has 0 bridgehead atoms. The van der Waals surface area contributed by atoms with Crippen LogP contribution in [0, 0.1) is 0 Å². The zero-order valence-corrected chi connectivity index (χ0v) is 7.89. The summed E-state index contributed by atoms with van der Waals surface area (Å²) in [4.78, 5) is 1.68. The monoisotopic (exact) mass is 163 g/mol. The lowest BCUT2D eigenvalue weighted by atomic mass is 10.5. The minimum atomic E-state index is -0.375. The SMILES string of the molecule is CC[NH+](CC)CC.[O-]CCO. The van der Waals surface area contributed by atoms with Crippen LogP contribution in [0.5, 0.6) is 0 Å². The molecule has 0 atom stereocenters. The second kappa shape index (κ2) is 12.5. The first-order chi connectivity index (χ1) is 5.26. The maximum atomic E-state index is 9.05. The summed E-state index contributed by atoms with van der Waals surface area (Å²) in [5.41, 5.74) is 0. The highest BCUT2D eigenvalue weighted by molar-refractivity contribution is 4.11. The minimum absolute atomic E-state index is 0.236. The number of aliphatic hydroxyl groups is 1. The number of hydrogen-bond donors (Lipinski definition) is 2. The Labute approximate surface area is 69.6 Å². The summed E-state index contributed by atoms with van der Waals surface area (Å²) in [6, 6.07) is 0. The Hall–Kier alpha value is -0.120. The molecule has 0 aromatic heterocycles. The van der Waals surface area contributed by atoms with Crippen molar-refractivity contribution in [3.8, 4) is 0 Å². The number of aliphatic hydroxyl groups excluding tert-OH is 1. The van der Waals surface area contributed by atoms with Gasteiger partial charge in [0.15, 0.2) is 0 Å². The van der Waals surface area contributed by atoms with Crippen LogP contribution in [0.3, 0.4) is 0 Å². The summed E-state index contributed by atoms with van der Waals surface area (Å²) in [5, 5.41) is 16.6. The van der Waals surface area contributed by atoms with E-state index in [0.717, 1.165) is 0 Å². The molecule has 11 heavy (non-hydrogen) atoms. The second-order valence-electron chi connectivity index (χ2n) is 2.24. The highest BCUT2D eigenvalue weighted by atomic mass is 16.3. The molecule has 0 amide bonds. The molecular formula is C8H21NO2. The zero-order chi connectivity index (χ0) is 9.11. The Morgan fingerprint density at radius 1 is 1.09 bits per heavy atom.